The Kier molecular flexibility index (Phi) is 2.98. The van der Waals surface area contributed by atoms with E-state index in [4.69, 9.17) is 0 Å². The van der Waals surface area contributed by atoms with E-state index in [0.717, 1.165) is 25.7 Å². The third-order valence-electron chi connectivity index (χ3n) is 7.96. The third kappa shape index (κ3) is 1.71. The number of carbonyl (C=O) groups is 1. The molecule has 0 saturated heterocycles. The summed E-state index contributed by atoms with van der Waals surface area (Å²) >= 11 is 0. The minimum atomic E-state index is -2.48. The first-order valence-electron chi connectivity index (χ1n) is 8.90. The van der Waals surface area contributed by atoms with Crippen molar-refractivity contribution in [1.82, 2.24) is 0 Å². The summed E-state index contributed by atoms with van der Waals surface area (Å²) in [5, 5.41) is 0. The summed E-state index contributed by atoms with van der Waals surface area (Å²) in [5.41, 5.74) is 0.630. The summed E-state index contributed by atoms with van der Waals surface area (Å²) in [4.78, 5) is 11.8. The van der Waals surface area contributed by atoms with E-state index in [2.05, 4.69) is 6.92 Å². The van der Waals surface area contributed by atoms with Gasteiger partial charge in [-0.15, -0.1) is 0 Å². The topological polar surface area (TPSA) is 17.1 Å². The standard InChI is InChI=1S/C19H26F2O/c1-17-8-5-13(22)11-12(17)3-4-14-15(17)6-9-18(2)16(14)7-10-19(18,20)21/h11,14-16H,3-10H2,1-2H3. The molecular weight excluding hydrogens is 282 g/mol. The molecule has 0 aromatic heterocycles. The number of hydrogen-bond acceptors (Lipinski definition) is 1. The van der Waals surface area contributed by atoms with Crippen molar-refractivity contribution in [3.05, 3.63) is 11.6 Å². The molecule has 3 fully saturated rings. The highest BCUT2D eigenvalue weighted by molar-refractivity contribution is 5.91. The summed E-state index contributed by atoms with van der Waals surface area (Å²) in [6, 6.07) is 0. The fourth-order valence-electron chi connectivity index (χ4n) is 6.49. The maximum Gasteiger partial charge on any atom is 0.253 e. The van der Waals surface area contributed by atoms with Crippen molar-refractivity contribution in [2.75, 3.05) is 0 Å². The van der Waals surface area contributed by atoms with Crippen LogP contribution in [0.5, 0.6) is 0 Å². The number of fused-ring (bicyclic) bond motifs is 5. The van der Waals surface area contributed by atoms with Gasteiger partial charge in [0.15, 0.2) is 5.78 Å². The number of alkyl halides is 2. The molecule has 5 unspecified atom stereocenters. The average Bonchev–Trinajstić information content (AvgIpc) is 2.70. The molecule has 0 spiro atoms. The molecule has 4 rings (SSSR count). The van der Waals surface area contributed by atoms with Crippen LogP contribution in [0.25, 0.3) is 0 Å². The van der Waals surface area contributed by atoms with Crippen LogP contribution >= 0.6 is 0 Å². The molecular formula is C19H26F2O. The first-order valence-corrected chi connectivity index (χ1v) is 8.90. The molecule has 0 aliphatic heterocycles. The van der Waals surface area contributed by atoms with Gasteiger partial charge in [-0.2, -0.15) is 0 Å². The highest BCUT2D eigenvalue weighted by Gasteiger charge is 2.65. The lowest BCUT2D eigenvalue weighted by molar-refractivity contribution is -0.151. The van der Waals surface area contributed by atoms with Gasteiger partial charge in [0.05, 0.1) is 0 Å². The van der Waals surface area contributed by atoms with E-state index in [1.165, 1.54) is 5.57 Å². The molecule has 0 radical (unpaired) electrons. The maximum absolute atomic E-state index is 14.4. The van der Waals surface area contributed by atoms with E-state index >= 15 is 0 Å². The van der Waals surface area contributed by atoms with Crippen LogP contribution in [-0.4, -0.2) is 11.7 Å². The molecule has 3 saturated carbocycles. The fourth-order valence-corrected chi connectivity index (χ4v) is 6.49. The summed E-state index contributed by atoms with van der Waals surface area (Å²) in [6.07, 6.45) is 7.75. The van der Waals surface area contributed by atoms with Crippen LogP contribution in [0, 0.1) is 28.6 Å². The zero-order valence-corrected chi connectivity index (χ0v) is 13.6. The summed E-state index contributed by atoms with van der Waals surface area (Å²) in [6.45, 7) is 4.15. The average molecular weight is 308 g/mol. The Morgan fingerprint density at radius 3 is 2.50 bits per heavy atom. The highest BCUT2D eigenvalue weighted by atomic mass is 19.3. The van der Waals surface area contributed by atoms with Crippen molar-refractivity contribution in [1.29, 1.82) is 0 Å². The third-order valence-corrected chi connectivity index (χ3v) is 7.96. The van der Waals surface area contributed by atoms with E-state index in [9.17, 15) is 13.6 Å². The molecule has 122 valence electrons. The number of hydrogen-bond donors (Lipinski definition) is 0. The second-order valence-electron chi connectivity index (χ2n) is 8.67. The molecule has 0 N–H and O–H groups in total. The van der Waals surface area contributed by atoms with E-state index in [1.54, 1.807) is 0 Å². The van der Waals surface area contributed by atoms with Gasteiger partial charge in [-0.3, -0.25) is 4.79 Å². The lowest BCUT2D eigenvalue weighted by atomic mass is 9.47. The van der Waals surface area contributed by atoms with Crippen LogP contribution in [0.3, 0.4) is 0 Å². The Bertz CT molecular complexity index is 552. The number of carbonyl (C=O) groups excluding carboxylic acids is 1. The zero-order valence-electron chi connectivity index (χ0n) is 13.6. The van der Waals surface area contributed by atoms with Crippen molar-refractivity contribution in [3.8, 4) is 0 Å². The molecule has 4 aliphatic carbocycles. The number of rotatable bonds is 0. The van der Waals surface area contributed by atoms with Crippen molar-refractivity contribution in [2.24, 2.45) is 28.6 Å². The molecule has 22 heavy (non-hydrogen) atoms. The van der Waals surface area contributed by atoms with Gasteiger partial charge in [0.25, 0.3) is 5.92 Å². The number of ketones is 1. The molecule has 3 heteroatoms. The van der Waals surface area contributed by atoms with Crippen LogP contribution in [-0.2, 0) is 4.79 Å². The Labute approximate surface area is 131 Å². The van der Waals surface area contributed by atoms with Crippen LogP contribution in [0.15, 0.2) is 11.6 Å². The van der Waals surface area contributed by atoms with E-state index in [1.807, 2.05) is 13.0 Å². The largest absolute Gasteiger partial charge is 0.295 e. The van der Waals surface area contributed by atoms with Crippen molar-refractivity contribution < 1.29 is 13.6 Å². The minimum Gasteiger partial charge on any atom is -0.295 e. The quantitative estimate of drug-likeness (QED) is 0.604. The molecule has 0 bridgehead atoms. The first-order chi connectivity index (χ1) is 10.3. The van der Waals surface area contributed by atoms with Gasteiger partial charge in [-0.05, 0) is 67.8 Å². The fraction of sp³-hybridized carbons (Fsp3) is 0.842. The molecule has 4 aliphatic rings. The van der Waals surface area contributed by atoms with Crippen molar-refractivity contribution in [3.63, 3.8) is 0 Å². The molecule has 0 aromatic rings. The maximum atomic E-state index is 14.4. The smallest absolute Gasteiger partial charge is 0.253 e. The Morgan fingerprint density at radius 2 is 1.73 bits per heavy atom. The van der Waals surface area contributed by atoms with Crippen LogP contribution in [0.2, 0.25) is 0 Å². The predicted octanol–water partition coefficient (Wildman–Crippen LogP) is 5.15. The Hall–Kier alpha value is -0.730. The minimum absolute atomic E-state index is 0.0787. The summed E-state index contributed by atoms with van der Waals surface area (Å²) < 4.78 is 28.9. The molecule has 0 heterocycles. The lowest BCUT2D eigenvalue weighted by Gasteiger charge is -2.57. The van der Waals surface area contributed by atoms with Gasteiger partial charge in [0.2, 0.25) is 0 Å². The molecule has 5 atom stereocenters. The van der Waals surface area contributed by atoms with Gasteiger partial charge in [-0.25, -0.2) is 8.78 Å². The van der Waals surface area contributed by atoms with Gasteiger partial charge < -0.3 is 0 Å². The zero-order chi connectivity index (χ0) is 15.8. The van der Waals surface area contributed by atoms with E-state index in [0.29, 0.717) is 31.1 Å². The van der Waals surface area contributed by atoms with Gasteiger partial charge >= 0.3 is 0 Å². The monoisotopic (exact) mass is 308 g/mol. The SMILES string of the molecule is CC12CCC(=O)C=C1CCC1C2CCC2(C)C1CCC2(F)F. The van der Waals surface area contributed by atoms with Crippen molar-refractivity contribution >= 4 is 5.78 Å². The van der Waals surface area contributed by atoms with Gasteiger partial charge in [-0.1, -0.05) is 19.4 Å². The summed E-state index contributed by atoms with van der Waals surface area (Å²) in [7, 11) is 0. The molecule has 1 nitrogen and oxygen atoms in total. The second-order valence-corrected chi connectivity index (χ2v) is 8.67. The normalized spacial score (nSPS) is 49.9. The highest BCUT2D eigenvalue weighted by Crippen LogP contribution is 2.68. The molecule has 0 aromatic carbocycles. The second kappa shape index (κ2) is 4.42. The van der Waals surface area contributed by atoms with E-state index < -0.39 is 11.3 Å². The van der Waals surface area contributed by atoms with Gasteiger partial charge in [0.1, 0.15) is 0 Å². The number of halogens is 2. The van der Waals surface area contributed by atoms with Crippen LogP contribution in [0.1, 0.15) is 65.2 Å². The van der Waals surface area contributed by atoms with Crippen LogP contribution in [0.4, 0.5) is 8.78 Å². The number of allylic oxidation sites excluding steroid dienone is 1. The predicted molar refractivity (Wildman–Crippen MR) is 81.7 cm³/mol. The lowest BCUT2D eigenvalue weighted by Crippen LogP contribution is -2.52. The Balaban J connectivity index is 1.70. The molecule has 0 amide bonds. The van der Waals surface area contributed by atoms with E-state index in [-0.39, 0.29) is 23.5 Å². The Morgan fingerprint density at radius 1 is 1.00 bits per heavy atom. The van der Waals surface area contributed by atoms with Crippen molar-refractivity contribution in [2.45, 2.75) is 71.1 Å². The summed E-state index contributed by atoms with van der Waals surface area (Å²) in [5.74, 6) is -1.10. The first kappa shape index (κ1) is 14.8. The van der Waals surface area contributed by atoms with Gasteiger partial charge in [0, 0.05) is 18.3 Å². The van der Waals surface area contributed by atoms with Crippen LogP contribution < -0.4 is 0 Å².